The van der Waals surface area contributed by atoms with Crippen LogP contribution in [0.15, 0.2) is 47.7 Å². The number of carbonyl (C=O) groups is 1. The van der Waals surface area contributed by atoms with E-state index in [-0.39, 0.29) is 6.09 Å². The second kappa shape index (κ2) is 7.61. The second-order valence-electron chi connectivity index (χ2n) is 9.26. The first-order valence-corrected chi connectivity index (χ1v) is 10.7. The normalized spacial score (nSPS) is 25.8. The molecule has 164 valence electrons. The molecule has 8 nitrogen and oxygen atoms in total. The van der Waals surface area contributed by atoms with Crippen molar-refractivity contribution in [2.75, 3.05) is 6.54 Å². The summed E-state index contributed by atoms with van der Waals surface area (Å²) in [5.74, 6) is 7.00. The monoisotopic (exact) mass is 431 g/mol. The Kier molecular flexibility index (Phi) is 4.86. The van der Waals surface area contributed by atoms with Gasteiger partial charge in [-0.3, -0.25) is 9.88 Å². The van der Waals surface area contributed by atoms with Crippen molar-refractivity contribution in [3.63, 3.8) is 0 Å². The van der Waals surface area contributed by atoms with Crippen LogP contribution in [0.25, 0.3) is 0 Å². The summed E-state index contributed by atoms with van der Waals surface area (Å²) < 4.78 is 5.62. The van der Waals surface area contributed by atoms with Crippen LogP contribution in [0.1, 0.15) is 50.6 Å². The maximum absolute atomic E-state index is 12.8. The quantitative estimate of drug-likeness (QED) is 0.736. The maximum atomic E-state index is 12.8. The molecule has 1 saturated carbocycles. The van der Waals surface area contributed by atoms with Gasteiger partial charge in [0.1, 0.15) is 17.0 Å². The summed E-state index contributed by atoms with van der Waals surface area (Å²) in [6.45, 7) is 6.28. The molecule has 2 fully saturated rings. The summed E-state index contributed by atoms with van der Waals surface area (Å²) in [6.07, 6.45) is 4.42. The highest BCUT2D eigenvalue weighted by Gasteiger charge is 2.70. The lowest BCUT2D eigenvalue weighted by Crippen LogP contribution is -2.49. The highest BCUT2D eigenvalue weighted by molar-refractivity contribution is 5.97. The van der Waals surface area contributed by atoms with E-state index in [1.54, 1.807) is 17.3 Å². The van der Waals surface area contributed by atoms with Crippen LogP contribution in [0, 0.1) is 17.8 Å². The maximum Gasteiger partial charge on any atom is 0.410 e. The van der Waals surface area contributed by atoms with Crippen LogP contribution < -0.4 is 5.48 Å². The standard InChI is InChI=1S/C24H25N5O3/c1-23(2,3)31-22(30)29-13-11-17-14-24(17,29)21-27-20(28-32-21)19-10-8-16(15-26-19)7-9-18-6-4-5-12-25-18/h4-6,8,10,12,15,17,21H,11,13-14H2,1-3H3,(H,27,28)/t17?,21?,24-/m0/s1. The molecule has 0 spiro atoms. The van der Waals surface area contributed by atoms with E-state index in [0.29, 0.717) is 29.7 Å². The van der Waals surface area contributed by atoms with Gasteiger partial charge in [-0.15, -0.1) is 0 Å². The van der Waals surface area contributed by atoms with Crippen LogP contribution >= 0.6 is 0 Å². The number of piperidine rings is 1. The van der Waals surface area contributed by atoms with Gasteiger partial charge in [-0.2, -0.15) is 0 Å². The van der Waals surface area contributed by atoms with Crippen LogP contribution in [0.2, 0.25) is 0 Å². The lowest BCUT2D eigenvalue weighted by atomic mass is 10.2. The molecule has 1 aliphatic carbocycles. The van der Waals surface area contributed by atoms with Gasteiger partial charge in [-0.05, 0) is 69.7 Å². The minimum atomic E-state index is -0.542. The lowest BCUT2D eigenvalue weighted by molar-refractivity contribution is -0.0395. The van der Waals surface area contributed by atoms with Gasteiger partial charge in [-0.25, -0.2) is 25.1 Å². The molecule has 8 heteroatoms. The molecular weight excluding hydrogens is 406 g/mol. The molecule has 2 aliphatic heterocycles. The van der Waals surface area contributed by atoms with E-state index in [4.69, 9.17) is 14.6 Å². The van der Waals surface area contributed by atoms with E-state index in [1.165, 1.54) is 0 Å². The minimum absolute atomic E-state index is 0.307. The van der Waals surface area contributed by atoms with Crippen molar-refractivity contribution in [2.45, 2.75) is 51.0 Å². The number of likely N-dealkylation sites (tertiary alicyclic amines) is 1. The largest absolute Gasteiger partial charge is 0.444 e. The van der Waals surface area contributed by atoms with Crippen LogP contribution in [-0.2, 0) is 9.57 Å². The first kappa shape index (κ1) is 20.5. The summed E-state index contributed by atoms with van der Waals surface area (Å²) in [5.41, 5.74) is 4.06. The van der Waals surface area contributed by atoms with Crippen LogP contribution in [-0.4, -0.2) is 50.7 Å². The number of amidine groups is 1. The Morgan fingerprint density at radius 2 is 2.12 bits per heavy atom. The number of fused-ring (bicyclic) bond motifs is 1. The smallest absolute Gasteiger partial charge is 0.410 e. The molecular formula is C24H25N5O3. The van der Waals surface area contributed by atoms with E-state index in [9.17, 15) is 4.79 Å². The summed E-state index contributed by atoms with van der Waals surface area (Å²) >= 11 is 0. The number of ether oxygens (including phenoxy) is 1. The fraction of sp³-hybridized carbons (Fsp3) is 0.417. The second-order valence-corrected chi connectivity index (χ2v) is 9.26. The predicted molar refractivity (Wildman–Crippen MR) is 117 cm³/mol. The molecule has 5 rings (SSSR count). The van der Waals surface area contributed by atoms with Gasteiger partial charge in [0.2, 0.25) is 6.23 Å². The Bertz CT molecular complexity index is 1110. The lowest BCUT2D eigenvalue weighted by Gasteiger charge is -2.32. The number of pyridine rings is 2. The molecule has 2 aromatic heterocycles. The van der Waals surface area contributed by atoms with Gasteiger partial charge >= 0.3 is 6.09 Å². The zero-order valence-electron chi connectivity index (χ0n) is 18.3. The summed E-state index contributed by atoms with van der Waals surface area (Å²) in [4.78, 5) is 33.8. The number of aromatic nitrogens is 2. The van der Waals surface area contributed by atoms with E-state index in [1.807, 2.05) is 51.1 Å². The van der Waals surface area contributed by atoms with E-state index in [0.717, 1.165) is 18.4 Å². The molecule has 2 aromatic rings. The zero-order chi connectivity index (χ0) is 22.3. The molecule has 1 amide bonds. The summed E-state index contributed by atoms with van der Waals surface area (Å²) in [5, 5.41) is 0. The third-order valence-electron chi connectivity index (χ3n) is 5.88. The molecule has 0 bridgehead atoms. The first-order chi connectivity index (χ1) is 15.3. The molecule has 3 atom stereocenters. The Morgan fingerprint density at radius 3 is 2.81 bits per heavy atom. The Morgan fingerprint density at radius 1 is 1.25 bits per heavy atom. The molecule has 1 N–H and O–H groups in total. The topological polar surface area (TPSA) is 88.9 Å². The van der Waals surface area contributed by atoms with Gasteiger partial charge in [0.05, 0.1) is 5.54 Å². The van der Waals surface area contributed by atoms with Gasteiger partial charge in [0, 0.05) is 24.5 Å². The summed E-state index contributed by atoms with van der Waals surface area (Å²) in [6, 6.07) is 9.35. The number of aliphatic imine (C=N–C) groups is 1. The molecule has 32 heavy (non-hydrogen) atoms. The van der Waals surface area contributed by atoms with Crippen LogP contribution in [0.3, 0.4) is 0 Å². The van der Waals surface area contributed by atoms with Crippen LogP contribution in [0.5, 0.6) is 0 Å². The Hall–Kier alpha value is -3.44. The number of nitrogens with zero attached hydrogens (tertiary/aromatic N) is 4. The van der Waals surface area contributed by atoms with Gasteiger partial charge < -0.3 is 4.74 Å². The average molecular weight is 431 g/mol. The van der Waals surface area contributed by atoms with Crippen molar-refractivity contribution in [2.24, 2.45) is 10.9 Å². The fourth-order valence-corrected chi connectivity index (χ4v) is 4.32. The number of rotatable bonds is 2. The van der Waals surface area contributed by atoms with Crippen molar-refractivity contribution in [3.05, 3.63) is 59.7 Å². The van der Waals surface area contributed by atoms with Crippen molar-refractivity contribution in [3.8, 4) is 11.8 Å². The number of hydrogen-bond donors (Lipinski definition) is 1. The van der Waals surface area contributed by atoms with E-state index >= 15 is 0 Å². The number of amides is 1. The molecule has 3 aliphatic rings. The summed E-state index contributed by atoms with van der Waals surface area (Å²) in [7, 11) is 0. The highest BCUT2D eigenvalue weighted by atomic mass is 16.7. The minimum Gasteiger partial charge on any atom is -0.444 e. The Labute approximate surface area is 187 Å². The van der Waals surface area contributed by atoms with E-state index in [2.05, 4.69) is 27.3 Å². The number of hydrogen-bond acceptors (Lipinski definition) is 7. The fourth-order valence-electron chi connectivity index (χ4n) is 4.32. The Balaban J connectivity index is 1.30. The highest BCUT2D eigenvalue weighted by Crippen LogP contribution is 2.59. The van der Waals surface area contributed by atoms with Crippen LogP contribution in [0.4, 0.5) is 4.79 Å². The SMILES string of the molecule is CC(C)(C)OC(=O)N1CCC2C[C@@]21C1N=C(c2ccc(C#Cc3ccccn3)cn2)NO1. The molecule has 4 heterocycles. The molecule has 0 aromatic carbocycles. The third kappa shape index (κ3) is 3.80. The predicted octanol–water partition coefficient (Wildman–Crippen LogP) is 2.88. The third-order valence-corrected chi connectivity index (χ3v) is 5.88. The molecule has 1 saturated heterocycles. The van der Waals surface area contributed by atoms with E-state index < -0.39 is 17.4 Å². The van der Waals surface area contributed by atoms with Crippen molar-refractivity contribution >= 4 is 11.9 Å². The average Bonchev–Trinajstić information content (AvgIpc) is 3.12. The van der Waals surface area contributed by atoms with Crippen molar-refractivity contribution in [1.82, 2.24) is 20.3 Å². The molecule has 2 unspecified atom stereocenters. The van der Waals surface area contributed by atoms with Gasteiger partial charge in [0.15, 0.2) is 5.84 Å². The zero-order valence-corrected chi connectivity index (χ0v) is 18.3. The van der Waals surface area contributed by atoms with Crippen molar-refractivity contribution in [1.29, 1.82) is 0 Å². The van der Waals surface area contributed by atoms with Crippen molar-refractivity contribution < 1.29 is 14.4 Å². The van der Waals surface area contributed by atoms with Gasteiger partial charge in [0.25, 0.3) is 0 Å². The number of carbonyl (C=O) groups excluding carboxylic acids is 1. The molecule has 0 radical (unpaired) electrons. The first-order valence-electron chi connectivity index (χ1n) is 10.7. The number of hydroxylamine groups is 1. The van der Waals surface area contributed by atoms with Gasteiger partial charge in [-0.1, -0.05) is 12.0 Å². The number of nitrogens with one attached hydrogen (secondary N) is 1.